The molecule has 2 heterocycles. The molecule has 1 saturated carbocycles. The fourth-order valence-corrected chi connectivity index (χ4v) is 4.98. The average Bonchev–Trinajstić information content (AvgIpc) is 3.06. The predicted octanol–water partition coefficient (Wildman–Crippen LogP) is 2.18. The van der Waals surface area contributed by atoms with Gasteiger partial charge in [-0.25, -0.2) is 0 Å². The molecule has 4 nitrogen and oxygen atoms in total. The molecular weight excluding hydrogens is 278 g/mol. The molecule has 2 aliphatic carbocycles. The number of hydrogen-bond donors (Lipinski definition) is 1. The molecule has 2 saturated heterocycles. The van der Waals surface area contributed by atoms with E-state index in [1.54, 1.807) is 0 Å². The quantitative estimate of drug-likeness (QED) is 0.627. The third-order valence-corrected chi connectivity index (χ3v) is 6.01. The van der Waals surface area contributed by atoms with Gasteiger partial charge in [-0.05, 0) is 25.7 Å². The number of rotatable bonds is 2. The fraction of sp³-hybridized carbons (Fsp3) is 0.722. The van der Waals surface area contributed by atoms with E-state index >= 15 is 0 Å². The van der Waals surface area contributed by atoms with Crippen molar-refractivity contribution in [3.63, 3.8) is 0 Å². The van der Waals surface area contributed by atoms with Crippen LogP contribution < -0.4 is 0 Å². The monoisotopic (exact) mass is 303 g/mol. The largest absolute Gasteiger partial charge is 0.459 e. The summed E-state index contributed by atoms with van der Waals surface area (Å²) >= 11 is 0. The van der Waals surface area contributed by atoms with E-state index in [1.807, 2.05) is 0 Å². The molecule has 2 aliphatic heterocycles. The van der Waals surface area contributed by atoms with Crippen molar-refractivity contribution in [3.05, 3.63) is 23.8 Å². The number of carbonyl (C=O) groups excluding carboxylic acids is 1. The number of carbonyl (C=O) groups is 1. The zero-order valence-corrected chi connectivity index (χ0v) is 13.0. The van der Waals surface area contributed by atoms with Gasteiger partial charge in [0.05, 0.1) is 6.04 Å². The lowest BCUT2D eigenvalue weighted by molar-refractivity contribution is -0.186. The summed E-state index contributed by atoms with van der Waals surface area (Å²) in [4.78, 5) is 15.2. The minimum Gasteiger partial charge on any atom is -0.459 e. The van der Waals surface area contributed by atoms with E-state index in [1.165, 1.54) is 5.57 Å². The zero-order valence-electron chi connectivity index (χ0n) is 13.0. The van der Waals surface area contributed by atoms with Gasteiger partial charge in [0.25, 0.3) is 0 Å². The van der Waals surface area contributed by atoms with Crippen LogP contribution in [0.2, 0.25) is 0 Å². The molecule has 3 atom stereocenters. The van der Waals surface area contributed by atoms with Gasteiger partial charge in [0.15, 0.2) is 0 Å². The fourth-order valence-electron chi connectivity index (χ4n) is 4.98. The predicted molar refractivity (Wildman–Crippen MR) is 83.2 cm³/mol. The molecule has 0 aromatic carbocycles. The molecule has 0 bridgehead atoms. The van der Waals surface area contributed by atoms with E-state index in [-0.39, 0.29) is 24.7 Å². The second kappa shape index (κ2) is 5.50. The Hall–Kier alpha value is -1.13. The summed E-state index contributed by atoms with van der Waals surface area (Å²) in [5, 5.41) is 9.39. The smallest absolute Gasteiger partial charge is 0.326 e. The summed E-state index contributed by atoms with van der Waals surface area (Å²) in [5.41, 5.74) is 1.06. The molecule has 4 aliphatic rings. The molecular formula is C18H25NO3. The normalized spacial score (nSPS) is 36.7. The maximum absolute atomic E-state index is 12.7. The number of morpholine rings is 1. The third kappa shape index (κ3) is 2.00. The van der Waals surface area contributed by atoms with Crippen LogP contribution in [0.1, 0.15) is 44.9 Å². The lowest BCUT2D eigenvalue weighted by Crippen LogP contribution is -2.64. The highest BCUT2D eigenvalue weighted by Crippen LogP contribution is 2.49. The van der Waals surface area contributed by atoms with Crippen LogP contribution in [-0.2, 0) is 9.53 Å². The highest BCUT2D eigenvalue weighted by Gasteiger charge is 2.60. The molecule has 1 N–H and O–H groups in total. The van der Waals surface area contributed by atoms with Gasteiger partial charge in [-0.3, -0.25) is 9.69 Å². The molecule has 4 rings (SSSR count). The van der Waals surface area contributed by atoms with Crippen LogP contribution in [0.3, 0.4) is 0 Å². The molecule has 0 amide bonds. The van der Waals surface area contributed by atoms with Crippen molar-refractivity contribution >= 4 is 5.97 Å². The topological polar surface area (TPSA) is 49.8 Å². The van der Waals surface area contributed by atoms with E-state index < -0.39 is 5.54 Å². The number of hydrogen-bond acceptors (Lipinski definition) is 4. The van der Waals surface area contributed by atoms with Crippen molar-refractivity contribution in [1.29, 1.82) is 0 Å². The van der Waals surface area contributed by atoms with E-state index in [9.17, 15) is 9.90 Å². The van der Waals surface area contributed by atoms with Crippen LogP contribution in [0.15, 0.2) is 23.8 Å². The highest BCUT2D eigenvalue weighted by molar-refractivity contribution is 5.82. The standard InChI is InChI=1S/C18H25NO3/c20-11-8-15-16-14-7-3-1-2-6-13(14)12-19(16)18(17(21)22-15)9-4-5-10-18/h3,6-7,14-16,20H,1-2,4-5,8-12H2/t14-,15+,16-/m1/s1. The summed E-state index contributed by atoms with van der Waals surface area (Å²) < 4.78 is 5.87. The minimum atomic E-state index is -0.391. The lowest BCUT2D eigenvalue weighted by atomic mass is 9.85. The van der Waals surface area contributed by atoms with Crippen LogP contribution in [-0.4, -0.2) is 46.8 Å². The Bertz CT molecular complexity index is 518. The van der Waals surface area contributed by atoms with Gasteiger partial charge < -0.3 is 9.84 Å². The maximum atomic E-state index is 12.7. The van der Waals surface area contributed by atoms with Gasteiger partial charge in [0.1, 0.15) is 11.6 Å². The van der Waals surface area contributed by atoms with Gasteiger partial charge in [-0.2, -0.15) is 0 Å². The van der Waals surface area contributed by atoms with E-state index in [4.69, 9.17) is 4.74 Å². The number of cyclic esters (lactones) is 1. The van der Waals surface area contributed by atoms with E-state index in [0.29, 0.717) is 12.3 Å². The Morgan fingerprint density at radius 3 is 2.91 bits per heavy atom. The molecule has 120 valence electrons. The second-order valence-electron chi connectivity index (χ2n) is 7.12. The van der Waals surface area contributed by atoms with Crippen molar-refractivity contribution in [2.75, 3.05) is 13.2 Å². The third-order valence-electron chi connectivity index (χ3n) is 6.01. The van der Waals surface area contributed by atoms with Crippen molar-refractivity contribution in [3.8, 4) is 0 Å². The van der Waals surface area contributed by atoms with Gasteiger partial charge in [0.2, 0.25) is 0 Å². The molecule has 22 heavy (non-hydrogen) atoms. The molecule has 0 aromatic heterocycles. The van der Waals surface area contributed by atoms with Crippen LogP contribution in [0.25, 0.3) is 0 Å². The van der Waals surface area contributed by atoms with Crippen LogP contribution in [0.5, 0.6) is 0 Å². The van der Waals surface area contributed by atoms with Crippen LogP contribution in [0, 0.1) is 5.92 Å². The van der Waals surface area contributed by atoms with Crippen LogP contribution in [0.4, 0.5) is 0 Å². The Labute approximate surface area is 131 Å². The number of aliphatic hydroxyl groups excluding tert-OH is 1. The second-order valence-corrected chi connectivity index (χ2v) is 7.12. The van der Waals surface area contributed by atoms with E-state index in [2.05, 4.69) is 23.1 Å². The molecule has 0 radical (unpaired) electrons. The summed E-state index contributed by atoms with van der Waals surface area (Å²) in [6, 6.07) is 0.212. The van der Waals surface area contributed by atoms with Crippen molar-refractivity contribution in [1.82, 2.24) is 4.90 Å². The lowest BCUT2D eigenvalue weighted by Gasteiger charge is -2.48. The molecule has 1 spiro atoms. The Morgan fingerprint density at radius 1 is 1.32 bits per heavy atom. The average molecular weight is 303 g/mol. The number of nitrogens with zero attached hydrogens (tertiary/aromatic N) is 1. The summed E-state index contributed by atoms with van der Waals surface area (Å²) in [6.45, 7) is 0.974. The summed E-state index contributed by atoms with van der Waals surface area (Å²) in [6.07, 6.45) is 13.6. The first-order valence-corrected chi connectivity index (χ1v) is 8.70. The van der Waals surface area contributed by atoms with Gasteiger partial charge in [0, 0.05) is 25.5 Å². The number of fused-ring (bicyclic) bond motifs is 4. The summed E-state index contributed by atoms with van der Waals surface area (Å²) in [7, 11) is 0. The maximum Gasteiger partial charge on any atom is 0.326 e. The number of esters is 1. The Morgan fingerprint density at radius 2 is 2.14 bits per heavy atom. The SMILES string of the molecule is O=C1O[C@@H](CCO)[C@H]2[C@@H]3C=CCCC=C3CN2C12CCCC2. The molecule has 0 unspecified atom stereocenters. The number of allylic oxidation sites excluding steroid dienone is 2. The summed E-state index contributed by atoms with van der Waals surface area (Å²) in [5.74, 6) is 0.311. The molecule has 4 heteroatoms. The van der Waals surface area contributed by atoms with Crippen molar-refractivity contribution in [2.45, 2.75) is 62.6 Å². The highest BCUT2D eigenvalue weighted by atomic mass is 16.6. The first-order valence-electron chi connectivity index (χ1n) is 8.70. The Kier molecular flexibility index (Phi) is 3.61. The number of aliphatic hydroxyl groups is 1. The minimum absolute atomic E-state index is 0.0410. The Balaban J connectivity index is 1.74. The van der Waals surface area contributed by atoms with Gasteiger partial charge >= 0.3 is 5.97 Å². The van der Waals surface area contributed by atoms with Gasteiger partial charge in [-0.1, -0.05) is 36.6 Å². The number of ether oxygens (including phenoxy) is 1. The zero-order chi connectivity index (χ0) is 15.2. The first kappa shape index (κ1) is 14.5. The van der Waals surface area contributed by atoms with Crippen molar-refractivity contribution < 1.29 is 14.6 Å². The van der Waals surface area contributed by atoms with Crippen LogP contribution >= 0.6 is 0 Å². The first-order chi connectivity index (χ1) is 10.8. The van der Waals surface area contributed by atoms with Gasteiger partial charge in [-0.15, -0.1) is 0 Å². The van der Waals surface area contributed by atoms with Crippen molar-refractivity contribution in [2.24, 2.45) is 5.92 Å². The van der Waals surface area contributed by atoms with E-state index in [0.717, 1.165) is 45.1 Å². The molecule has 0 aromatic rings. The molecule has 3 fully saturated rings.